The number of fused-ring (bicyclic) bond motifs is 1. The van der Waals surface area contributed by atoms with Gasteiger partial charge < -0.3 is 10.6 Å². The average Bonchev–Trinajstić information content (AvgIpc) is 2.62. The molecule has 0 saturated heterocycles. The topological polar surface area (TPSA) is 78.9 Å². The number of carbonyl (C=O) groups is 1. The summed E-state index contributed by atoms with van der Waals surface area (Å²) in [6.07, 6.45) is 5.03. The monoisotopic (exact) mass is 339 g/mol. The van der Waals surface area contributed by atoms with Crippen LogP contribution in [0.5, 0.6) is 0 Å². The molecule has 0 unspecified atom stereocenters. The Morgan fingerprint density at radius 3 is 2.84 bits per heavy atom. The summed E-state index contributed by atoms with van der Waals surface area (Å²) in [6, 6.07) is 8.03. The molecule has 3 N–H and O–H groups in total. The quantitative estimate of drug-likeness (QED) is 0.664. The van der Waals surface area contributed by atoms with Crippen molar-refractivity contribution in [2.75, 3.05) is 17.2 Å². The van der Waals surface area contributed by atoms with E-state index in [-0.39, 0.29) is 11.8 Å². The lowest BCUT2D eigenvalue weighted by molar-refractivity contribution is 0.252. The Bertz CT molecular complexity index is 885. The summed E-state index contributed by atoms with van der Waals surface area (Å²) in [5.74, 6) is -0.0787. The van der Waals surface area contributed by atoms with Gasteiger partial charge in [-0.2, -0.15) is 0 Å². The molecule has 2 aromatic heterocycles. The van der Waals surface area contributed by atoms with E-state index in [1.54, 1.807) is 24.7 Å². The number of benzene rings is 1. The fraction of sp³-hybridized carbons (Fsp3) is 0.167. The van der Waals surface area contributed by atoms with E-state index in [0.717, 1.165) is 11.3 Å². The van der Waals surface area contributed by atoms with Crippen LogP contribution in [0.3, 0.4) is 0 Å². The number of hydrogen-bond acceptors (Lipinski definition) is 4. The third kappa shape index (κ3) is 4.00. The van der Waals surface area contributed by atoms with Crippen LogP contribution in [0.1, 0.15) is 12.5 Å². The number of nitrogens with one attached hydrogen (secondary N) is 3. The van der Waals surface area contributed by atoms with Gasteiger partial charge in [0.1, 0.15) is 11.6 Å². The number of anilines is 2. The first-order valence-corrected chi connectivity index (χ1v) is 7.93. The average molecular weight is 339 g/mol. The Morgan fingerprint density at radius 2 is 2.08 bits per heavy atom. The molecule has 0 saturated carbocycles. The predicted molar refractivity (Wildman–Crippen MR) is 96.0 cm³/mol. The van der Waals surface area contributed by atoms with Gasteiger partial charge in [-0.1, -0.05) is 6.07 Å². The Kier molecular flexibility index (Phi) is 5.03. The Hall–Kier alpha value is -3.22. The van der Waals surface area contributed by atoms with Crippen LogP contribution in [-0.2, 0) is 6.54 Å². The smallest absolute Gasteiger partial charge is 0.320 e. The molecule has 0 radical (unpaired) electrons. The van der Waals surface area contributed by atoms with Gasteiger partial charge in [0.05, 0.1) is 0 Å². The Balaban J connectivity index is 1.85. The maximum absolute atomic E-state index is 14.2. The molecule has 25 heavy (non-hydrogen) atoms. The summed E-state index contributed by atoms with van der Waals surface area (Å²) in [4.78, 5) is 19.8. The zero-order valence-electron chi connectivity index (χ0n) is 13.7. The molecule has 0 atom stereocenters. The van der Waals surface area contributed by atoms with Crippen LogP contribution in [0.4, 0.5) is 20.7 Å². The van der Waals surface area contributed by atoms with Crippen molar-refractivity contribution in [3.8, 4) is 0 Å². The van der Waals surface area contributed by atoms with Gasteiger partial charge in [0.25, 0.3) is 0 Å². The van der Waals surface area contributed by atoms with Crippen molar-refractivity contribution in [1.29, 1.82) is 0 Å². The molecule has 2 amide bonds. The van der Waals surface area contributed by atoms with E-state index >= 15 is 0 Å². The normalized spacial score (nSPS) is 10.5. The first-order chi connectivity index (χ1) is 12.2. The summed E-state index contributed by atoms with van der Waals surface area (Å²) < 4.78 is 14.2. The summed E-state index contributed by atoms with van der Waals surface area (Å²) >= 11 is 0. The molecular weight excluding hydrogens is 321 g/mol. The van der Waals surface area contributed by atoms with Crippen molar-refractivity contribution in [3.63, 3.8) is 0 Å². The number of halogens is 1. The molecule has 128 valence electrons. The third-order valence-electron chi connectivity index (χ3n) is 3.63. The largest absolute Gasteiger partial charge is 0.380 e. The molecular formula is C18H18FN5O. The third-order valence-corrected chi connectivity index (χ3v) is 3.63. The van der Waals surface area contributed by atoms with Crippen molar-refractivity contribution >= 4 is 28.3 Å². The molecule has 0 fully saturated rings. The second-order valence-electron chi connectivity index (χ2n) is 5.41. The molecule has 0 aliphatic rings. The van der Waals surface area contributed by atoms with Crippen LogP contribution in [0.2, 0.25) is 0 Å². The molecule has 0 bridgehead atoms. The van der Waals surface area contributed by atoms with E-state index in [2.05, 4.69) is 25.9 Å². The van der Waals surface area contributed by atoms with Crippen molar-refractivity contribution in [1.82, 2.24) is 15.3 Å². The van der Waals surface area contributed by atoms with Crippen LogP contribution in [-0.4, -0.2) is 22.5 Å². The number of hydrogen-bond donors (Lipinski definition) is 3. The number of aromatic nitrogens is 2. The summed E-state index contributed by atoms with van der Waals surface area (Å²) in [5.41, 5.74) is 1.78. The summed E-state index contributed by atoms with van der Waals surface area (Å²) in [7, 11) is 0. The van der Waals surface area contributed by atoms with Gasteiger partial charge in [0.2, 0.25) is 0 Å². The molecule has 6 nitrogen and oxygen atoms in total. The van der Waals surface area contributed by atoms with Gasteiger partial charge in [0.15, 0.2) is 0 Å². The number of pyridine rings is 2. The molecule has 7 heteroatoms. The molecule has 0 spiro atoms. The van der Waals surface area contributed by atoms with E-state index in [1.807, 2.05) is 19.1 Å². The number of urea groups is 1. The van der Waals surface area contributed by atoms with Crippen molar-refractivity contribution in [2.24, 2.45) is 0 Å². The first-order valence-electron chi connectivity index (χ1n) is 7.93. The van der Waals surface area contributed by atoms with Crippen molar-refractivity contribution in [3.05, 3.63) is 60.3 Å². The standard InChI is InChI=1S/C18H18FN5O/c1-2-21-18(25)24-17-8-13-14(11-23-17)16(6-5-15(13)19)22-10-12-4-3-7-20-9-12/h3-9,11,22H,2,10H2,1H3,(H2,21,23,24,25). The van der Waals surface area contributed by atoms with Crippen LogP contribution in [0, 0.1) is 5.82 Å². The van der Waals surface area contributed by atoms with E-state index in [4.69, 9.17) is 0 Å². The fourth-order valence-corrected chi connectivity index (χ4v) is 2.45. The molecule has 1 aromatic carbocycles. The highest BCUT2D eigenvalue weighted by Gasteiger charge is 2.09. The van der Waals surface area contributed by atoms with Gasteiger partial charge in [-0.15, -0.1) is 0 Å². The lowest BCUT2D eigenvalue weighted by atomic mass is 10.1. The molecule has 0 aliphatic heterocycles. The summed E-state index contributed by atoms with van der Waals surface area (Å²) in [5, 5.41) is 9.48. The minimum Gasteiger partial charge on any atom is -0.380 e. The highest BCUT2D eigenvalue weighted by Crippen LogP contribution is 2.27. The van der Waals surface area contributed by atoms with E-state index in [9.17, 15) is 9.18 Å². The first kappa shape index (κ1) is 16.6. The Labute approximate surface area is 144 Å². The minimum absolute atomic E-state index is 0.293. The van der Waals surface area contributed by atoms with Gasteiger partial charge in [-0.05, 0) is 36.8 Å². The van der Waals surface area contributed by atoms with Gasteiger partial charge in [-0.25, -0.2) is 14.2 Å². The molecule has 3 rings (SSSR count). The highest BCUT2D eigenvalue weighted by molar-refractivity contribution is 5.97. The number of rotatable bonds is 5. The maximum atomic E-state index is 14.2. The van der Waals surface area contributed by atoms with Gasteiger partial charge in [-0.3, -0.25) is 10.3 Å². The SMILES string of the molecule is CCNC(=O)Nc1cc2c(F)ccc(NCc3cccnc3)c2cn1. The second-order valence-corrected chi connectivity index (χ2v) is 5.41. The molecule has 3 aromatic rings. The van der Waals surface area contributed by atoms with Crippen LogP contribution < -0.4 is 16.0 Å². The van der Waals surface area contributed by atoms with Crippen LogP contribution in [0.25, 0.3) is 10.8 Å². The zero-order chi connectivity index (χ0) is 17.6. The second kappa shape index (κ2) is 7.57. The highest BCUT2D eigenvalue weighted by atomic mass is 19.1. The number of nitrogens with zero attached hydrogens (tertiary/aromatic N) is 2. The van der Waals surface area contributed by atoms with Crippen molar-refractivity contribution in [2.45, 2.75) is 13.5 Å². The van der Waals surface area contributed by atoms with E-state index < -0.39 is 0 Å². The van der Waals surface area contributed by atoms with E-state index in [1.165, 1.54) is 12.1 Å². The van der Waals surface area contributed by atoms with Gasteiger partial charge in [0, 0.05) is 48.1 Å². The summed E-state index contributed by atoms with van der Waals surface area (Å²) in [6.45, 7) is 2.87. The lowest BCUT2D eigenvalue weighted by Gasteiger charge is -2.12. The molecule has 0 aliphatic carbocycles. The van der Waals surface area contributed by atoms with E-state index in [0.29, 0.717) is 29.7 Å². The van der Waals surface area contributed by atoms with Crippen LogP contribution in [0.15, 0.2) is 48.9 Å². The zero-order valence-corrected chi connectivity index (χ0v) is 13.7. The van der Waals surface area contributed by atoms with Crippen molar-refractivity contribution < 1.29 is 9.18 Å². The Morgan fingerprint density at radius 1 is 1.20 bits per heavy atom. The predicted octanol–water partition coefficient (Wildman–Crippen LogP) is 3.52. The van der Waals surface area contributed by atoms with Gasteiger partial charge >= 0.3 is 6.03 Å². The number of carbonyl (C=O) groups excluding carboxylic acids is 1. The number of amides is 2. The maximum Gasteiger partial charge on any atom is 0.320 e. The lowest BCUT2D eigenvalue weighted by Crippen LogP contribution is -2.28. The fourth-order valence-electron chi connectivity index (χ4n) is 2.45. The van der Waals surface area contributed by atoms with Crippen LogP contribution >= 0.6 is 0 Å². The minimum atomic E-state index is -0.374. The molecule has 2 heterocycles.